The first-order chi connectivity index (χ1) is 7.15. The number of nitrogens with two attached hydrogens (primary N) is 1. The van der Waals surface area contributed by atoms with Crippen LogP contribution in [0.1, 0.15) is 10.4 Å². The van der Waals surface area contributed by atoms with Crippen molar-refractivity contribution in [2.75, 3.05) is 27.1 Å². The summed E-state index contributed by atoms with van der Waals surface area (Å²) in [5.41, 5.74) is 6.21. The predicted octanol–water partition coefficient (Wildman–Crippen LogP) is 1.07. The lowest BCUT2D eigenvalue weighted by molar-refractivity contribution is 0.0601. The molecule has 0 heterocycles. The normalized spacial score (nSPS) is 9.53. The molecule has 1 rings (SSSR count). The molecule has 0 aliphatic rings. The standard InChI is InChI=1S/C10H13NO4/c1-13-7-5-4-6(10(12)15-3)8(11)9(7)14-2/h4-5H,11H2,1-3H3. The summed E-state index contributed by atoms with van der Waals surface area (Å²) < 4.78 is 14.6. The molecule has 0 fully saturated rings. The van der Waals surface area contributed by atoms with Gasteiger partial charge in [0.25, 0.3) is 0 Å². The number of hydrogen-bond acceptors (Lipinski definition) is 5. The van der Waals surface area contributed by atoms with Crippen molar-refractivity contribution in [3.8, 4) is 11.5 Å². The summed E-state index contributed by atoms with van der Waals surface area (Å²) in [7, 11) is 4.24. The van der Waals surface area contributed by atoms with Crippen LogP contribution < -0.4 is 15.2 Å². The molecule has 0 bridgehead atoms. The molecule has 0 aliphatic carbocycles. The molecule has 2 N–H and O–H groups in total. The molecule has 5 nitrogen and oxygen atoms in total. The van der Waals surface area contributed by atoms with E-state index in [2.05, 4.69) is 4.74 Å². The lowest BCUT2D eigenvalue weighted by atomic mass is 10.1. The fourth-order valence-electron chi connectivity index (χ4n) is 1.24. The summed E-state index contributed by atoms with van der Waals surface area (Å²) in [4.78, 5) is 11.3. The maximum Gasteiger partial charge on any atom is 0.340 e. The minimum Gasteiger partial charge on any atom is -0.493 e. The van der Waals surface area contributed by atoms with E-state index < -0.39 is 5.97 Å². The van der Waals surface area contributed by atoms with Gasteiger partial charge < -0.3 is 19.9 Å². The summed E-state index contributed by atoms with van der Waals surface area (Å²) >= 11 is 0. The highest BCUT2D eigenvalue weighted by Crippen LogP contribution is 2.35. The number of nitrogen functional groups attached to an aromatic ring is 1. The summed E-state index contributed by atoms with van der Waals surface area (Å²) in [5.74, 6) is 0.302. The smallest absolute Gasteiger partial charge is 0.340 e. The van der Waals surface area contributed by atoms with E-state index in [1.54, 1.807) is 6.07 Å². The van der Waals surface area contributed by atoms with Crippen molar-refractivity contribution in [2.24, 2.45) is 0 Å². The highest BCUT2D eigenvalue weighted by Gasteiger charge is 2.17. The second kappa shape index (κ2) is 4.54. The Kier molecular flexibility index (Phi) is 3.38. The third-order valence-corrected chi connectivity index (χ3v) is 1.99. The number of anilines is 1. The molecule has 0 aromatic heterocycles. The molecule has 0 atom stereocenters. The first-order valence-corrected chi connectivity index (χ1v) is 4.24. The molecule has 82 valence electrons. The molecule has 0 saturated carbocycles. The molecule has 5 heteroatoms. The van der Waals surface area contributed by atoms with Crippen LogP contribution in [0.5, 0.6) is 11.5 Å². The van der Waals surface area contributed by atoms with E-state index in [0.29, 0.717) is 11.5 Å². The number of esters is 1. The van der Waals surface area contributed by atoms with E-state index in [9.17, 15) is 4.79 Å². The lowest BCUT2D eigenvalue weighted by Crippen LogP contribution is -2.07. The van der Waals surface area contributed by atoms with Crippen LogP contribution in [-0.2, 0) is 4.74 Å². The Morgan fingerprint density at radius 1 is 1.20 bits per heavy atom. The quantitative estimate of drug-likeness (QED) is 0.598. The monoisotopic (exact) mass is 211 g/mol. The van der Waals surface area contributed by atoms with Gasteiger partial charge in [-0.15, -0.1) is 0 Å². The molecule has 0 aliphatic heterocycles. The van der Waals surface area contributed by atoms with Crippen LogP contribution in [0.4, 0.5) is 5.69 Å². The van der Waals surface area contributed by atoms with Crippen molar-refractivity contribution in [3.63, 3.8) is 0 Å². The van der Waals surface area contributed by atoms with Crippen LogP contribution in [0.3, 0.4) is 0 Å². The van der Waals surface area contributed by atoms with Crippen LogP contribution in [0.25, 0.3) is 0 Å². The van der Waals surface area contributed by atoms with Crippen molar-refractivity contribution >= 4 is 11.7 Å². The number of hydrogen-bond donors (Lipinski definition) is 1. The molecule has 1 aromatic carbocycles. The van der Waals surface area contributed by atoms with Crippen molar-refractivity contribution in [1.82, 2.24) is 0 Å². The fraction of sp³-hybridized carbons (Fsp3) is 0.300. The van der Waals surface area contributed by atoms with Crippen LogP contribution in [0.2, 0.25) is 0 Å². The van der Waals surface area contributed by atoms with Crippen LogP contribution >= 0.6 is 0 Å². The number of ether oxygens (including phenoxy) is 3. The predicted molar refractivity (Wildman–Crippen MR) is 55.3 cm³/mol. The van der Waals surface area contributed by atoms with Crippen LogP contribution in [0.15, 0.2) is 12.1 Å². The second-order valence-electron chi connectivity index (χ2n) is 2.75. The Labute approximate surface area is 87.7 Å². The average molecular weight is 211 g/mol. The zero-order valence-corrected chi connectivity index (χ0v) is 8.87. The topological polar surface area (TPSA) is 70.8 Å². The van der Waals surface area contributed by atoms with E-state index >= 15 is 0 Å². The van der Waals surface area contributed by atoms with Gasteiger partial charge >= 0.3 is 5.97 Å². The van der Waals surface area contributed by atoms with Crippen molar-refractivity contribution in [3.05, 3.63) is 17.7 Å². The van der Waals surface area contributed by atoms with Gasteiger partial charge in [0, 0.05) is 0 Å². The van der Waals surface area contributed by atoms with Gasteiger partial charge in [0.1, 0.15) is 0 Å². The Morgan fingerprint density at radius 2 is 1.87 bits per heavy atom. The number of carbonyl (C=O) groups excluding carboxylic acids is 1. The van der Waals surface area contributed by atoms with Crippen molar-refractivity contribution in [2.45, 2.75) is 0 Å². The Morgan fingerprint density at radius 3 is 2.33 bits per heavy atom. The third kappa shape index (κ3) is 1.96. The van der Waals surface area contributed by atoms with Gasteiger partial charge in [-0.2, -0.15) is 0 Å². The third-order valence-electron chi connectivity index (χ3n) is 1.99. The molecule has 1 aromatic rings. The molecule has 0 amide bonds. The lowest BCUT2D eigenvalue weighted by Gasteiger charge is -2.12. The number of methoxy groups -OCH3 is 3. The van der Waals surface area contributed by atoms with E-state index in [4.69, 9.17) is 15.2 Å². The average Bonchev–Trinajstić information content (AvgIpc) is 2.27. The Hall–Kier alpha value is -1.91. The Balaban J connectivity index is 3.29. The van der Waals surface area contributed by atoms with E-state index in [1.807, 2.05) is 0 Å². The first-order valence-electron chi connectivity index (χ1n) is 4.24. The minimum absolute atomic E-state index is 0.212. The summed E-state index contributed by atoms with van der Waals surface area (Å²) in [6.45, 7) is 0. The zero-order chi connectivity index (χ0) is 11.4. The molecule has 0 spiro atoms. The van der Waals surface area contributed by atoms with Gasteiger partial charge in [0.15, 0.2) is 11.5 Å². The highest BCUT2D eigenvalue weighted by atomic mass is 16.5. The largest absolute Gasteiger partial charge is 0.493 e. The molecule has 0 radical (unpaired) electrons. The fourth-order valence-corrected chi connectivity index (χ4v) is 1.24. The van der Waals surface area contributed by atoms with Gasteiger partial charge in [0.2, 0.25) is 0 Å². The Bertz CT molecular complexity index is 376. The first kappa shape index (κ1) is 11.2. The van der Waals surface area contributed by atoms with Gasteiger partial charge in [-0.25, -0.2) is 4.79 Å². The van der Waals surface area contributed by atoms with E-state index in [-0.39, 0.29) is 11.3 Å². The van der Waals surface area contributed by atoms with Gasteiger partial charge in [-0.1, -0.05) is 0 Å². The van der Waals surface area contributed by atoms with Gasteiger partial charge in [-0.05, 0) is 12.1 Å². The summed E-state index contributed by atoms with van der Waals surface area (Å²) in [5, 5.41) is 0. The zero-order valence-electron chi connectivity index (χ0n) is 8.87. The van der Waals surface area contributed by atoms with Crippen molar-refractivity contribution in [1.29, 1.82) is 0 Å². The molecule has 0 unspecified atom stereocenters. The number of carbonyl (C=O) groups is 1. The van der Waals surface area contributed by atoms with E-state index in [0.717, 1.165) is 0 Å². The highest BCUT2D eigenvalue weighted by molar-refractivity contribution is 5.97. The molecular formula is C10H13NO4. The number of rotatable bonds is 3. The SMILES string of the molecule is COC(=O)c1ccc(OC)c(OC)c1N. The molecule has 15 heavy (non-hydrogen) atoms. The van der Waals surface area contributed by atoms with Crippen LogP contribution in [0, 0.1) is 0 Å². The molecule has 0 saturated heterocycles. The maximum absolute atomic E-state index is 11.3. The second-order valence-corrected chi connectivity index (χ2v) is 2.75. The van der Waals surface area contributed by atoms with E-state index in [1.165, 1.54) is 27.4 Å². The maximum atomic E-state index is 11.3. The van der Waals surface area contributed by atoms with Crippen LogP contribution in [-0.4, -0.2) is 27.3 Å². The minimum atomic E-state index is -0.506. The summed E-state index contributed by atoms with van der Waals surface area (Å²) in [6, 6.07) is 3.13. The molecular weight excluding hydrogens is 198 g/mol. The van der Waals surface area contributed by atoms with Gasteiger partial charge in [0.05, 0.1) is 32.6 Å². The summed E-state index contributed by atoms with van der Waals surface area (Å²) in [6.07, 6.45) is 0. The van der Waals surface area contributed by atoms with Gasteiger partial charge in [-0.3, -0.25) is 0 Å². The van der Waals surface area contributed by atoms with Crippen molar-refractivity contribution < 1.29 is 19.0 Å². The number of benzene rings is 1.